The predicted molar refractivity (Wildman–Crippen MR) is 67.8 cm³/mol. The lowest BCUT2D eigenvalue weighted by Gasteiger charge is -2.11. The molecule has 1 saturated heterocycles. The molecule has 0 aliphatic carbocycles. The molecule has 0 atom stereocenters. The number of nitrogens with one attached hydrogen (secondary N) is 2. The van der Waals surface area contributed by atoms with Gasteiger partial charge in [-0.1, -0.05) is 11.8 Å². The highest BCUT2D eigenvalue weighted by atomic mass is 32.2. The molecule has 0 saturated carbocycles. The number of aryl methyl sites for hydroxylation is 1. The zero-order valence-electron chi connectivity index (χ0n) is 10.5. The Labute approximate surface area is 114 Å². The average molecular weight is 285 g/mol. The Morgan fingerprint density at radius 1 is 1.63 bits per heavy atom. The maximum atomic E-state index is 11.6. The Balaban J connectivity index is 1.60. The third kappa shape index (κ3) is 4.12. The molecule has 1 aromatic rings. The molecular weight excluding hydrogens is 270 g/mol. The zero-order chi connectivity index (χ0) is 13.7. The predicted octanol–water partition coefficient (Wildman–Crippen LogP) is -0.226. The molecule has 1 aliphatic rings. The number of amides is 2. The van der Waals surface area contributed by atoms with Crippen LogP contribution in [-0.2, 0) is 9.53 Å². The molecule has 1 aromatic heterocycles. The lowest BCUT2D eigenvalue weighted by atomic mass is 10.5. The van der Waals surface area contributed by atoms with Crippen molar-refractivity contribution < 1.29 is 14.3 Å². The van der Waals surface area contributed by atoms with E-state index in [2.05, 4.69) is 20.5 Å². The van der Waals surface area contributed by atoms with Gasteiger partial charge in [-0.05, 0) is 6.92 Å². The molecule has 1 aliphatic heterocycles. The van der Waals surface area contributed by atoms with E-state index in [1.807, 2.05) is 6.92 Å². The van der Waals surface area contributed by atoms with Crippen molar-refractivity contribution in [2.75, 3.05) is 32.0 Å². The van der Waals surface area contributed by atoms with Crippen molar-refractivity contribution in [1.82, 2.24) is 25.4 Å². The molecule has 9 heteroatoms. The number of rotatable bonds is 6. The minimum Gasteiger partial charge on any atom is -0.448 e. The van der Waals surface area contributed by atoms with Crippen LogP contribution >= 0.6 is 11.8 Å². The van der Waals surface area contributed by atoms with Crippen molar-refractivity contribution in [3.63, 3.8) is 0 Å². The third-order valence-corrected chi connectivity index (χ3v) is 3.26. The highest BCUT2D eigenvalue weighted by Gasteiger charge is 2.23. The summed E-state index contributed by atoms with van der Waals surface area (Å²) in [5.41, 5.74) is 0. The molecule has 0 aromatic carbocycles. The first-order valence-corrected chi connectivity index (χ1v) is 6.84. The summed E-state index contributed by atoms with van der Waals surface area (Å²) < 4.78 is 4.74. The van der Waals surface area contributed by atoms with Crippen molar-refractivity contribution in [3.05, 3.63) is 5.82 Å². The van der Waals surface area contributed by atoms with Gasteiger partial charge in [-0.3, -0.25) is 14.8 Å². The van der Waals surface area contributed by atoms with Crippen LogP contribution in [-0.4, -0.2) is 64.1 Å². The highest BCUT2D eigenvalue weighted by molar-refractivity contribution is 7.99. The van der Waals surface area contributed by atoms with E-state index in [0.717, 1.165) is 5.82 Å². The largest absolute Gasteiger partial charge is 0.448 e. The first-order chi connectivity index (χ1) is 9.15. The molecule has 1 fully saturated rings. The van der Waals surface area contributed by atoms with Crippen LogP contribution in [0.15, 0.2) is 5.16 Å². The lowest BCUT2D eigenvalue weighted by Crippen LogP contribution is -2.38. The van der Waals surface area contributed by atoms with Gasteiger partial charge in [0.2, 0.25) is 11.1 Å². The molecule has 19 heavy (non-hydrogen) atoms. The highest BCUT2D eigenvalue weighted by Crippen LogP contribution is 2.10. The third-order valence-electron chi connectivity index (χ3n) is 2.41. The molecule has 104 valence electrons. The fourth-order valence-electron chi connectivity index (χ4n) is 1.52. The molecule has 8 nitrogen and oxygen atoms in total. The van der Waals surface area contributed by atoms with Crippen LogP contribution in [0.1, 0.15) is 5.82 Å². The zero-order valence-corrected chi connectivity index (χ0v) is 11.3. The quantitative estimate of drug-likeness (QED) is 0.553. The van der Waals surface area contributed by atoms with Gasteiger partial charge in [-0.15, -0.1) is 5.10 Å². The summed E-state index contributed by atoms with van der Waals surface area (Å²) in [5.74, 6) is 1.25. The van der Waals surface area contributed by atoms with Crippen LogP contribution < -0.4 is 5.32 Å². The number of hydrogen-bond acceptors (Lipinski definition) is 6. The molecule has 0 bridgehead atoms. The second-order valence-corrected chi connectivity index (χ2v) is 5.00. The average Bonchev–Trinajstić information content (AvgIpc) is 2.95. The Kier molecular flexibility index (Phi) is 4.61. The van der Waals surface area contributed by atoms with Crippen LogP contribution in [0.5, 0.6) is 0 Å². The van der Waals surface area contributed by atoms with Crippen molar-refractivity contribution in [2.45, 2.75) is 12.1 Å². The van der Waals surface area contributed by atoms with Gasteiger partial charge in [0, 0.05) is 12.3 Å². The number of carbonyl (C=O) groups is 2. The second-order valence-electron chi connectivity index (χ2n) is 3.94. The van der Waals surface area contributed by atoms with E-state index in [0.29, 0.717) is 30.6 Å². The standard InChI is InChI=1S/C10H15N5O3S/c1-7-12-9(14-13-7)19-5-2-11-8(16)6-15-3-4-18-10(15)17/h2-6H2,1H3,(H,11,16)(H,12,13,14). The van der Waals surface area contributed by atoms with Gasteiger partial charge in [0.05, 0.1) is 6.54 Å². The van der Waals surface area contributed by atoms with Gasteiger partial charge in [0.1, 0.15) is 19.0 Å². The summed E-state index contributed by atoms with van der Waals surface area (Å²) in [6, 6.07) is 0. The van der Waals surface area contributed by atoms with Gasteiger partial charge in [0.15, 0.2) is 0 Å². The van der Waals surface area contributed by atoms with Crippen LogP contribution in [0.3, 0.4) is 0 Å². The molecular formula is C10H15N5O3S. The van der Waals surface area contributed by atoms with Crippen LogP contribution in [0.2, 0.25) is 0 Å². The summed E-state index contributed by atoms with van der Waals surface area (Å²) in [6.07, 6.45) is -0.430. The lowest BCUT2D eigenvalue weighted by molar-refractivity contribution is -0.121. The van der Waals surface area contributed by atoms with Crippen LogP contribution in [0, 0.1) is 6.92 Å². The molecule has 2 N–H and O–H groups in total. The summed E-state index contributed by atoms with van der Waals surface area (Å²) in [4.78, 5) is 28.2. The van der Waals surface area contributed by atoms with Gasteiger partial charge < -0.3 is 10.1 Å². The molecule has 2 rings (SSSR count). The fraction of sp³-hybridized carbons (Fsp3) is 0.600. The summed E-state index contributed by atoms with van der Waals surface area (Å²) in [6.45, 7) is 3.20. The normalized spacial score (nSPS) is 14.6. The second kappa shape index (κ2) is 6.41. The van der Waals surface area contributed by atoms with Crippen molar-refractivity contribution >= 4 is 23.8 Å². The topological polar surface area (TPSA) is 100 Å². The van der Waals surface area contributed by atoms with Gasteiger partial charge in [0.25, 0.3) is 0 Å². The van der Waals surface area contributed by atoms with Gasteiger partial charge in [-0.25, -0.2) is 9.78 Å². The number of ether oxygens (including phenoxy) is 1. The molecule has 0 radical (unpaired) electrons. The Hall–Kier alpha value is -1.77. The van der Waals surface area contributed by atoms with Crippen molar-refractivity contribution in [3.8, 4) is 0 Å². The number of H-pyrrole nitrogens is 1. The molecule has 0 unspecified atom stereocenters. The first kappa shape index (κ1) is 13.7. The number of hydrogen-bond donors (Lipinski definition) is 2. The fourth-order valence-corrected chi connectivity index (χ4v) is 2.22. The monoisotopic (exact) mass is 285 g/mol. The van der Waals surface area contributed by atoms with E-state index in [1.165, 1.54) is 16.7 Å². The van der Waals surface area contributed by atoms with Crippen molar-refractivity contribution in [2.24, 2.45) is 0 Å². The summed E-state index contributed by atoms with van der Waals surface area (Å²) >= 11 is 1.45. The maximum absolute atomic E-state index is 11.6. The SMILES string of the molecule is Cc1nc(SCCNC(=O)CN2CCOC2=O)n[nH]1. The van der Waals surface area contributed by atoms with E-state index in [4.69, 9.17) is 4.74 Å². The Morgan fingerprint density at radius 3 is 3.11 bits per heavy atom. The number of carbonyl (C=O) groups excluding carboxylic acids is 2. The Bertz CT molecular complexity index is 464. The van der Waals surface area contributed by atoms with Crippen LogP contribution in [0.25, 0.3) is 0 Å². The molecule has 2 heterocycles. The van der Waals surface area contributed by atoms with E-state index in [-0.39, 0.29) is 12.5 Å². The van der Waals surface area contributed by atoms with Gasteiger partial charge in [-0.2, -0.15) is 0 Å². The number of nitrogens with zero attached hydrogens (tertiary/aromatic N) is 3. The summed E-state index contributed by atoms with van der Waals surface area (Å²) in [7, 11) is 0. The van der Waals surface area contributed by atoms with Gasteiger partial charge >= 0.3 is 6.09 Å². The van der Waals surface area contributed by atoms with E-state index in [9.17, 15) is 9.59 Å². The maximum Gasteiger partial charge on any atom is 0.410 e. The number of cyclic esters (lactones) is 1. The van der Waals surface area contributed by atoms with E-state index >= 15 is 0 Å². The number of aromatic amines is 1. The van der Waals surface area contributed by atoms with E-state index in [1.54, 1.807) is 0 Å². The van der Waals surface area contributed by atoms with Crippen molar-refractivity contribution in [1.29, 1.82) is 0 Å². The number of thioether (sulfide) groups is 1. The van der Waals surface area contributed by atoms with E-state index < -0.39 is 6.09 Å². The molecule has 2 amide bonds. The smallest absolute Gasteiger partial charge is 0.410 e. The minimum atomic E-state index is -0.430. The van der Waals surface area contributed by atoms with Crippen LogP contribution in [0.4, 0.5) is 4.79 Å². The Morgan fingerprint density at radius 2 is 2.47 bits per heavy atom. The molecule has 0 spiro atoms. The minimum absolute atomic E-state index is 0.0449. The first-order valence-electron chi connectivity index (χ1n) is 5.85. The summed E-state index contributed by atoms with van der Waals surface area (Å²) in [5, 5.41) is 10.1. The number of aromatic nitrogens is 3.